The standard InChI is InChI=1S/C13H23N3/c1-11(2)16-9-12(3)15-8-6-13-5-4-7-14-10-13/h4-5,7,10-12,15-16H,6,8-9H2,1-3H3. The van der Waals surface area contributed by atoms with Crippen LogP contribution in [-0.2, 0) is 6.42 Å². The van der Waals surface area contributed by atoms with E-state index in [1.54, 1.807) is 0 Å². The molecule has 1 atom stereocenters. The molecule has 0 aliphatic carbocycles. The average Bonchev–Trinajstić information content (AvgIpc) is 2.28. The summed E-state index contributed by atoms with van der Waals surface area (Å²) in [7, 11) is 0. The molecule has 0 bridgehead atoms. The van der Waals surface area contributed by atoms with E-state index in [4.69, 9.17) is 0 Å². The van der Waals surface area contributed by atoms with Gasteiger partial charge in [0.25, 0.3) is 0 Å². The zero-order valence-electron chi connectivity index (χ0n) is 10.5. The van der Waals surface area contributed by atoms with Gasteiger partial charge in [0.2, 0.25) is 0 Å². The minimum Gasteiger partial charge on any atom is -0.313 e. The van der Waals surface area contributed by atoms with Crippen LogP contribution in [0.2, 0.25) is 0 Å². The normalized spacial score (nSPS) is 13.0. The van der Waals surface area contributed by atoms with Crippen LogP contribution in [0.3, 0.4) is 0 Å². The van der Waals surface area contributed by atoms with Crippen LogP contribution >= 0.6 is 0 Å². The summed E-state index contributed by atoms with van der Waals surface area (Å²) < 4.78 is 0. The van der Waals surface area contributed by atoms with Gasteiger partial charge in [0.15, 0.2) is 0 Å². The Hall–Kier alpha value is -0.930. The highest BCUT2D eigenvalue weighted by atomic mass is 15.0. The molecule has 0 radical (unpaired) electrons. The van der Waals surface area contributed by atoms with Gasteiger partial charge < -0.3 is 10.6 Å². The number of nitrogens with one attached hydrogen (secondary N) is 2. The molecule has 0 aliphatic rings. The molecule has 3 nitrogen and oxygen atoms in total. The lowest BCUT2D eigenvalue weighted by molar-refractivity contribution is 0.476. The molecule has 90 valence electrons. The van der Waals surface area contributed by atoms with E-state index in [0.29, 0.717) is 12.1 Å². The highest BCUT2D eigenvalue weighted by molar-refractivity contribution is 5.08. The van der Waals surface area contributed by atoms with Crippen molar-refractivity contribution in [3.8, 4) is 0 Å². The van der Waals surface area contributed by atoms with Crippen LogP contribution in [0.1, 0.15) is 26.3 Å². The topological polar surface area (TPSA) is 37.0 Å². The van der Waals surface area contributed by atoms with Crippen molar-refractivity contribution in [1.29, 1.82) is 0 Å². The fourth-order valence-corrected chi connectivity index (χ4v) is 1.49. The molecule has 0 spiro atoms. The van der Waals surface area contributed by atoms with E-state index >= 15 is 0 Å². The average molecular weight is 221 g/mol. The molecule has 0 saturated heterocycles. The largest absolute Gasteiger partial charge is 0.313 e. The summed E-state index contributed by atoms with van der Waals surface area (Å²) in [5, 5.41) is 6.92. The molecule has 1 rings (SSSR count). The number of hydrogen-bond acceptors (Lipinski definition) is 3. The van der Waals surface area contributed by atoms with Crippen molar-refractivity contribution in [3.05, 3.63) is 30.1 Å². The van der Waals surface area contributed by atoms with Crippen LogP contribution in [0.4, 0.5) is 0 Å². The Morgan fingerprint density at radius 2 is 2.06 bits per heavy atom. The van der Waals surface area contributed by atoms with E-state index in [9.17, 15) is 0 Å². The first-order valence-electron chi connectivity index (χ1n) is 6.04. The third kappa shape index (κ3) is 5.83. The van der Waals surface area contributed by atoms with Crippen molar-refractivity contribution in [3.63, 3.8) is 0 Å². The molecule has 0 amide bonds. The third-order valence-electron chi connectivity index (χ3n) is 2.46. The first-order chi connectivity index (χ1) is 7.68. The smallest absolute Gasteiger partial charge is 0.0300 e. The van der Waals surface area contributed by atoms with Gasteiger partial charge in [-0.15, -0.1) is 0 Å². The van der Waals surface area contributed by atoms with Crippen LogP contribution in [0.25, 0.3) is 0 Å². The predicted octanol–water partition coefficient (Wildman–Crippen LogP) is 1.60. The van der Waals surface area contributed by atoms with Crippen LogP contribution in [0.5, 0.6) is 0 Å². The van der Waals surface area contributed by atoms with Crippen LogP contribution < -0.4 is 10.6 Å². The van der Waals surface area contributed by atoms with Crippen molar-refractivity contribution in [1.82, 2.24) is 15.6 Å². The van der Waals surface area contributed by atoms with E-state index in [-0.39, 0.29) is 0 Å². The number of aromatic nitrogens is 1. The summed E-state index contributed by atoms with van der Waals surface area (Å²) >= 11 is 0. The van der Waals surface area contributed by atoms with Crippen molar-refractivity contribution >= 4 is 0 Å². The van der Waals surface area contributed by atoms with Gasteiger partial charge in [-0.3, -0.25) is 4.98 Å². The van der Waals surface area contributed by atoms with E-state index in [0.717, 1.165) is 19.5 Å². The monoisotopic (exact) mass is 221 g/mol. The third-order valence-corrected chi connectivity index (χ3v) is 2.46. The van der Waals surface area contributed by atoms with Gasteiger partial charge in [-0.2, -0.15) is 0 Å². The summed E-state index contributed by atoms with van der Waals surface area (Å²) in [4.78, 5) is 4.10. The molecule has 0 saturated carbocycles. The SMILES string of the molecule is CC(C)NCC(C)NCCc1cccnc1. The lowest BCUT2D eigenvalue weighted by Gasteiger charge is -2.16. The van der Waals surface area contributed by atoms with Crippen LogP contribution in [0.15, 0.2) is 24.5 Å². The maximum absolute atomic E-state index is 4.10. The van der Waals surface area contributed by atoms with Gasteiger partial charge in [0.1, 0.15) is 0 Å². The molecule has 0 fully saturated rings. The van der Waals surface area contributed by atoms with E-state index in [1.165, 1.54) is 5.56 Å². The summed E-state index contributed by atoms with van der Waals surface area (Å²) in [5.41, 5.74) is 1.29. The Bertz CT molecular complexity index is 272. The molecule has 2 N–H and O–H groups in total. The lowest BCUT2D eigenvalue weighted by Crippen LogP contribution is -2.39. The molecule has 0 aromatic carbocycles. The number of hydrogen-bond donors (Lipinski definition) is 2. The second-order valence-electron chi connectivity index (χ2n) is 4.53. The summed E-state index contributed by atoms with van der Waals surface area (Å²) in [6, 6.07) is 5.17. The van der Waals surface area contributed by atoms with E-state index in [2.05, 4.69) is 42.5 Å². The zero-order valence-corrected chi connectivity index (χ0v) is 10.5. The summed E-state index contributed by atoms with van der Waals surface area (Å²) in [6.45, 7) is 8.57. The van der Waals surface area contributed by atoms with Gasteiger partial charge in [-0.25, -0.2) is 0 Å². The molecule has 0 aliphatic heterocycles. The minimum atomic E-state index is 0.513. The number of pyridine rings is 1. The van der Waals surface area contributed by atoms with Gasteiger partial charge in [-0.05, 0) is 31.5 Å². The predicted molar refractivity (Wildman–Crippen MR) is 68.5 cm³/mol. The van der Waals surface area contributed by atoms with Crippen LogP contribution in [0, 0.1) is 0 Å². The van der Waals surface area contributed by atoms with Gasteiger partial charge in [-0.1, -0.05) is 19.9 Å². The maximum atomic E-state index is 4.10. The molecule has 1 aromatic heterocycles. The first kappa shape index (κ1) is 13.1. The highest BCUT2D eigenvalue weighted by Crippen LogP contribution is 1.95. The Kier molecular flexibility index (Phi) is 6.04. The zero-order chi connectivity index (χ0) is 11.8. The maximum Gasteiger partial charge on any atom is 0.0300 e. The fourth-order valence-electron chi connectivity index (χ4n) is 1.49. The minimum absolute atomic E-state index is 0.513. The van der Waals surface area contributed by atoms with Crippen molar-refractivity contribution in [2.24, 2.45) is 0 Å². The van der Waals surface area contributed by atoms with Crippen molar-refractivity contribution < 1.29 is 0 Å². The molecule has 3 heteroatoms. The highest BCUT2D eigenvalue weighted by Gasteiger charge is 2.01. The quantitative estimate of drug-likeness (QED) is 0.734. The molecule has 1 heterocycles. The Labute approximate surface area is 98.7 Å². The lowest BCUT2D eigenvalue weighted by atomic mass is 10.2. The van der Waals surface area contributed by atoms with Crippen molar-refractivity contribution in [2.45, 2.75) is 39.3 Å². The molecule has 1 aromatic rings. The Morgan fingerprint density at radius 1 is 1.25 bits per heavy atom. The van der Waals surface area contributed by atoms with Crippen molar-refractivity contribution in [2.75, 3.05) is 13.1 Å². The number of rotatable bonds is 7. The second kappa shape index (κ2) is 7.36. The second-order valence-corrected chi connectivity index (χ2v) is 4.53. The fraction of sp³-hybridized carbons (Fsp3) is 0.615. The van der Waals surface area contributed by atoms with Crippen LogP contribution in [-0.4, -0.2) is 30.2 Å². The number of nitrogens with zero attached hydrogens (tertiary/aromatic N) is 1. The van der Waals surface area contributed by atoms with E-state index in [1.807, 2.05) is 18.5 Å². The molecule has 1 unspecified atom stereocenters. The first-order valence-corrected chi connectivity index (χ1v) is 6.04. The van der Waals surface area contributed by atoms with Gasteiger partial charge in [0, 0.05) is 31.0 Å². The molecular weight excluding hydrogens is 198 g/mol. The summed E-state index contributed by atoms with van der Waals surface area (Å²) in [6.07, 6.45) is 4.78. The van der Waals surface area contributed by atoms with Gasteiger partial charge in [0.05, 0.1) is 0 Å². The Morgan fingerprint density at radius 3 is 2.69 bits per heavy atom. The molecular formula is C13H23N3. The van der Waals surface area contributed by atoms with E-state index < -0.39 is 0 Å². The Balaban J connectivity index is 2.11. The summed E-state index contributed by atoms with van der Waals surface area (Å²) in [5.74, 6) is 0. The van der Waals surface area contributed by atoms with Gasteiger partial charge >= 0.3 is 0 Å². The molecule has 16 heavy (non-hydrogen) atoms.